The summed E-state index contributed by atoms with van der Waals surface area (Å²) in [4.78, 5) is 14.7. The van der Waals surface area contributed by atoms with Crippen LogP contribution >= 0.6 is 0 Å². The summed E-state index contributed by atoms with van der Waals surface area (Å²) in [7, 11) is 0. The van der Waals surface area contributed by atoms with Crippen LogP contribution in [0, 0.1) is 12.7 Å². The van der Waals surface area contributed by atoms with Crippen LogP contribution in [-0.4, -0.2) is 36.0 Å². The molecule has 1 aliphatic rings. The molecule has 3 nitrogen and oxygen atoms in total. The Balaban J connectivity index is 2.04. The molecule has 0 spiro atoms. The van der Waals surface area contributed by atoms with Crippen LogP contribution in [-0.2, 0) is 0 Å². The first-order chi connectivity index (χ1) is 9.43. The molecule has 0 saturated carbocycles. The van der Waals surface area contributed by atoms with Crippen LogP contribution in [0.4, 0.5) is 4.39 Å². The van der Waals surface area contributed by atoms with Gasteiger partial charge in [0.2, 0.25) is 0 Å². The van der Waals surface area contributed by atoms with E-state index in [0.717, 1.165) is 32.5 Å². The molecule has 1 aromatic rings. The van der Waals surface area contributed by atoms with Gasteiger partial charge in [0.1, 0.15) is 5.82 Å². The number of amides is 1. The van der Waals surface area contributed by atoms with Gasteiger partial charge in [0, 0.05) is 24.2 Å². The highest BCUT2D eigenvalue weighted by atomic mass is 19.1. The minimum Gasteiger partial charge on any atom is -0.347 e. The van der Waals surface area contributed by atoms with Crippen molar-refractivity contribution in [1.29, 1.82) is 0 Å². The largest absolute Gasteiger partial charge is 0.347 e. The van der Waals surface area contributed by atoms with Gasteiger partial charge in [0.15, 0.2) is 0 Å². The van der Waals surface area contributed by atoms with Gasteiger partial charge in [0.05, 0.1) is 0 Å². The van der Waals surface area contributed by atoms with Crippen molar-refractivity contribution >= 4 is 5.91 Å². The second-order valence-corrected chi connectivity index (χ2v) is 5.91. The molecule has 1 fully saturated rings. The third kappa shape index (κ3) is 3.37. The van der Waals surface area contributed by atoms with Crippen molar-refractivity contribution in [3.05, 3.63) is 35.1 Å². The summed E-state index contributed by atoms with van der Waals surface area (Å²) in [5.41, 5.74) is 1.08. The van der Waals surface area contributed by atoms with Crippen molar-refractivity contribution in [2.75, 3.05) is 19.6 Å². The van der Waals surface area contributed by atoms with Crippen LogP contribution in [0.3, 0.4) is 0 Å². The highest BCUT2D eigenvalue weighted by Gasteiger charge is 2.31. The number of nitrogens with one attached hydrogen (secondary N) is 1. The second-order valence-electron chi connectivity index (χ2n) is 5.91. The highest BCUT2D eigenvalue weighted by molar-refractivity contribution is 5.96. The van der Waals surface area contributed by atoms with E-state index >= 15 is 0 Å². The molecular formula is C16H23FN2O. The fraction of sp³-hybridized carbons (Fsp3) is 0.562. The summed E-state index contributed by atoms with van der Waals surface area (Å²) >= 11 is 0. The van der Waals surface area contributed by atoms with Crippen molar-refractivity contribution in [2.45, 2.75) is 39.2 Å². The normalized spacial score (nSPS) is 18.8. The molecule has 1 heterocycles. The van der Waals surface area contributed by atoms with Gasteiger partial charge in [-0.05, 0) is 57.0 Å². The van der Waals surface area contributed by atoms with Crippen LogP contribution in [0.2, 0.25) is 0 Å². The quantitative estimate of drug-likeness (QED) is 0.922. The van der Waals surface area contributed by atoms with E-state index in [1.54, 1.807) is 13.0 Å². The van der Waals surface area contributed by atoms with E-state index in [9.17, 15) is 9.18 Å². The monoisotopic (exact) mass is 278 g/mol. The fourth-order valence-electron chi connectivity index (χ4n) is 2.71. The molecule has 0 aliphatic carbocycles. The number of halogens is 1. The summed E-state index contributed by atoms with van der Waals surface area (Å²) in [5, 5.41) is 3.13. The molecule has 20 heavy (non-hydrogen) atoms. The van der Waals surface area contributed by atoms with Crippen molar-refractivity contribution in [2.24, 2.45) is 0 Å². The molecule has 1 aromatic carbocycles. The van der Waals surface area contributed by atoms with Crippen LogP contribution in [0.5, 0.6) is 0 Å². The smallest absolute Gasteiger partial charge is 0.251 e. The third-order valence-electron chi connectivity index (χ3n) is 4.26. The van der Waals surface area contributed by atoms with Gasteiger partial charge in [-0.1, -0.05) is 6.92 Å². The molecule has 1 saturated heterocycles. The number of aryl methyl sites for hydroxylation is 1. The molecule has 4 heteroatoms. The summed E-state index contributed by atoms with van der Waals surface area (Å²) < 4.78 is 13.1. The molecular weight excluding hydrogens is 255 g/mol. The molecule has 0 radical (unpaired) electrons. The lowest BCUT2D eigenvalue weighted by atomic mass is 9.89. The zero-order valence-electron chi connectivity index (χ0n) is 12.5. The van der Waals surface area contributed by atoms with Crippen LogP contribution in [0.1, 0.15) is 42.6 Å². The number of hydrogen-bond acceptors (Lipinski definition) is 2. The maximum atomic E-state index is 13.1. The van der Waals surface area contributed by atoms with Crippen LogP contribution in [0.25, 0.3) is 0 Å². The zero-order valence-corrected chi connectivity index (χ0v) is 12.5. The summed E-state index contributed by atoms with van der Waals surface area (Å²) in [5.74, 6) is -0.406. The van der Waals surface area contributed by atoms with E-state index in [0.29, 0.717) is 11.1 Å². The Kier molecular flexibility index (Phi) is 4.43. The van der Waals surface area contributed by atoms with E-state index in [4.69, 9.17) is 0 Å². The summed E-state index contributed by atoms with van der Waals surface area (Å²) in [6.45, 7) is 9.09. The Morgan fingerprint density at radius 3 is 2.60 bits per heavy atom. The Morgan fingerprint density at radius 1 is 1.40 bits per heavy atom. The highest BCUT2D eigenvalue weighted by Crippen LogP contribution is 2.22. The van der Waals surface area contributed by atoms with Gasteiger partial charge in [0.25, 0.3) is 5.91 Å². The lowest BCUT2D eigenvalue weighted by molar-refractivity contribution is 0.0838. The number of likely N-dealkylation sites (tertiary alicyclic amines) is 1. The predicted octanol–water partition coefficient (Wildman–Crippen LogP) is 2.74. The van der Waals surface area contributed by atoms with Gasteiger partial charge in [-0.2, -0.15) is 0 Å². The van der Waals surface area contributed by atoms with E-state index in [2.05, 4.69) is 24.1 Å². The van der Waals surface area contributed by atoms with Crippen molar-refractivity contribution in [1.82, 2.24) is 10.2 Å². The average Bonchev–Trinajstić information content (AvgIpc) is 2.39. The molecule has 0 unspecified atom stereocenters. The molecule has 0 bridgehead atoms. The fourth-order valence-corrected chi connectivity index (χ4v) is 2.71. The number of benzene rings is 1. The number of rotatable bonds is 3. The molecule has 1 N–H and O–H groups in total. The number of nitrogens with zero attached hydrogens (tertiary/aromatic N) is 1. The first kappa shape index (κ1) is 15.0. The zero-order chi connectivity index (χ0) is 14.8. The van der Waals surface area contributed by atoms with E-state index < -0.39 is 0 Å². The Labute approximate surface area is 120 Å². The number of carbonyl (C=O) groups is 1. The van der Waals surface area contributed by atoms with Gasteiger partial charge in [-0.25, -0.2) is 4.39 Å². The molecule has 110 valence electrons. The van der Waals surface area contributed by atoms with E-state index in [1.807, 2.05) is 0 Å². The average molecular weight is 278 g/mol. The maximum Gasteiger partial charge on any atom is 0.251 e. The van der Waals surface area contributed by atoms with Crippen LogP contribution < -0.4 is 5.32 Å². The minimum absolute atomic E-state index is 0.102. The van der Waals surface area contributed by atoms with Gasteiger partial charge in [-0.3, -0.25) is 4.79 Å². The third-order valence-corrected chi connectivity index (χ3v) is 4.26. The van der Waals surface area contributed by atoms with Crippen molar-refractivity contribution < 1.29 is 9.18 Å². The number of piperidine rings is 1. The first-order valence-corrected chi connectivity index (χ1v) is 7.24. The van der Waals surface area contributed by atoms with Gasteiger partial charge < -0.3 is 10.2 Å². The summed E-state index contributed by atoms with van der Waals surface area (Å²) in [6, 6.07) is 4.30. The SMILES string of the molecule is CCN1CCC(C)(NC(=O)c2ccc(F)cc2C)CC1. The van der Waals surface area contributed by atoms with Crippen molar-refractivity contribution in [3.63, 3.8) is 0 Å². The topological polar surface area (TPSA) is 32.3 Å². The lowest BCUT2D eigenvalue weighted by Gasteiger charge is -2.39. The molecule has 0 atom stereocenters. The van der Waals surface area contributed by atoms with E-state index in [-0.39, 0.29) is 17.3 Å². The van der Waals surface area contributed by atoms with E-state index in [1.165, 1.54) is 12.1 Å². The Morgan fingerprint density at radius 2 is 2.05 bits per heavy atom. The molecule has 1 amide bonds. The van der Waals surface area contributed by atoms with Crippen molar-refractivity contribution in [3.8, 4) is 0 Å². The number of hydrogen-bond donors (Lipinski definition) is 1. The summed E-state index contributed by atoms with van der Waals surface area (Å²) in [6.07, 6.45) is 1.90. The Bertz CT molecular complexity index is 493. The predicted molar refractivity (Wildman–Crippen MR) is 78.4 cm³/mol. The minimum atomic E-state index is -0.304. The lowest BCUT2D eigenvalue weighted by Crippen LogP contribution is -2.53. The standard InChI is InChI=1S/C16H23FN2O/c1-4-19-9-7-16(3,8-10-19)18-15(20)14-6-5-13(17)11-12(14)2/h5-6,11H,4,7-10H2,1-3H3,(H,18,20). The molecule has 2 rings (SSSR count). The second kappa shape index (κ2) is 5.92. The first-order valence-electron chi connectivity index (χ1n) is 7.24. The number of carbonyl (C=O) groups excluding carboxylic acids is 1. The van der Waals surface area contributed by atoms with Crippen LogP contribution in [0.15, 0.2) is 18.2 Å². The molecule has 0 aromatic heterocycles. The molecule has 1 aliphatic heterocycles. The Hall–Kier alpha value is -1.42. The maximum absolute atomic E-state index is 13.1. The van der Waals surface area contributed by atoms with Gasteiger partial charge >= 0.3 is 0 Å². The van der Waals surface area contributed by atoms with Gasteiger partial charge in [-0.15, -0.1) is 0 Å².